The molecule has 5 heteroatoms. The van der Waals surface area contributed by atoms with Crippen LogP contribution in [0.4, 0.5) is 0 Å². The summed E-state index contributed by atoms with van der Waals surface area (Å²) in [5.74, 6) is 0.392. The third kappa shape index (κ3) is 4.12. The lowest BCUT2D eigenvalue weighted by atomic mass is 10.2. The van der Waals surface area contributed by atoms with Gasteiger partial charge in [0.25, 0.3) is 6.20 Å². The first kappa shape index (κ1) is 11.0. The summed E-state index contributed by atoms with van der Waals surface area (Å²) in [5, 5.41) is 15.9. The van der Waals surface area contributed by atoms with Crippen molar-refractivity contribution in [2.45, 2.75) is 6.54 Å². The van der Waals surface area contributed by atoms with Gasteiger partial charge in [-0.3, -0.25) is 10.1 Å². The number of nitrogens with zero attached hydrogens (tertiary/aromatic N) is 1. The predicted molar refractivity (Wildman–Crippen MR) is 57.4 cm³/mol. The van der Waals surface area contributed by atoms with Gasteiger partial charge in [-0.2, -0.15) is 0 Å². The monoisotopic (exact) mass is 207 g/mol. The number of nitro groups is 1. The van der Waals surface area contributed by atoms with Gasteiger partial charge >= 0.3 is 0 Å². The fourth-order valence-corrected chi connectivity index (χ4v) is 1.10. The highest BCUT2D eigenvalue weighted by molar-refractivity contribution is 5.15. The molecule has 0 aliphatic carbocycles. The molecular weight excluding hydrogens is 194 g/mol. The second kappa shape index (κ2) is 5.64. The van der Waals surface area contributed by atoms with E-state index in [1.54, 1.807) is 7.05 Å². The molecule has 0 saturated heterocycles. The minimum atomic E-state index is -0.496. The topological polar surface area (TPSA) is 67.2 Å². The lowest BCUT2D eigenvalue weighted by Crippen LogP contribution is -2.24. The summed E-state index contributed by atoms with van der Waals surface area (Å²) in [6.07, 6.45) is 0.906. The van der Waals surface area contributed by atoms with E-state index in [4.69, 9.17) is 0 Å². The quantitative estimate of drug-likeness (QED) is 0.560. The molecule has 2 N–H and O–H groups in total. The SMILES string of the molecule is CN/C(=C\[N+](=O)[O-])NCc1ccccc1. The zero-order valence-electron chi connectivity index (χ0n) is 8.43. The van der Waals surface area contributed by atoms with E-state index in [1.165, 1.54) is 0 Å². The fourth-order valence-electron chi connectivity index (χ4n) is 1.10. The number of hydrogen-bond acceptors (Lipinski definition) is 4. The molecule has 0 amide bonds. The van der Waals surface area contributed by atoms with Crippen LogP contribution in [0.3, 0.4) is 0 Å². The first-order valence-corrected chi connectivity index (χ1v) is 4.53. The van der Waals surface area contributed by atoms with E-state index in [9.17, 15) is 10.1 Å². The van der Waals surface area contributed by atoms with Crippen LogP contribution in [-0.4, -0.2) is 12.0 Å². The fraction of sp³-hybridized carbons (Fsp3) is 0.200. The van der Waals surface area contributed by atoms with E-state index in [2.05, 4.69) is 10.6 Å². The van der Waals surface area contributed by atoms with E-state index in [1.807, 2.05) is 30.3 Å². The third-order valence-corrected chi connectivity index (χ3v) is 1.83. The standard InChI is InChI=1S/C10H13N3O2/c1-11-10(8-13(14)15)12-7-9-5-3-2-4-6-9/h2-6,8,11-12H,7H2,1H3/b10-8+. The van der Waals surface area contributed by atoms with E-state index in [-0.39, 0.29) is 0 Å². The Labute approximate surface area is 88.0 Å². The minimum absolute atomic E-state index is 0.392. The smallest absolute Gasteiger partial charge is 0.274 e. The molecule has 0 aliphatic rings. The molecule has 0 unspecified atom stereocenters. The van der Waals surface area contributed by atoms with Crippen molar-refractivity contribution < 1.29 is 4.92 Å². The number of rotatable bonds is 5. The van der Waals surface area contributed by atoms with E-state index in [0.717, 1.165) is 11.8 Å². The van der Waals surface area contributed by atoms with Crippen LogP contribution in [0.2, 0.25) is 0 Å². The second-order valence-corrected chi connectivity index (χ2v) is 2.92. The normalized spacial score (nSPS) is 10.9. The molecule has 15 heavy (non-hydrogen) atoms. The van der Waals surface area contributed by atoms with Crippen LogP contribution in [0.5, 0.6) is 0 Å². The zero-order valence-corrected chi connectivity index (χ0v) is 8.43. The molecule has 0 fully saturated rings. The van der Waals surface area contributed by atoms with Crippen LogP contribution >= 0.6 is 0 Å². The van der Waals surface area contributed by atoms with E-state index < -0.39 is 4.92 Å². The minimum Gasteiger partial charge on any atom is -0.370 e. The summed E-state index contributed by atoms with van der Waals surface area (Å²) in [5.41, 5.74) is 1.07. The molecule has 5 nitrogen and oxygen atoms in total. The van der Waals surface area contributed by atoms with Crippen LogP contribution < -0.4 is 10.6 Å². The molecule has 0 atom stereocenters. The summed E-state index contributed by atoms with van der Waals surface area (Å²) < 4.78 is 0. The molecule has 1 aromatic rings. The summed E-state index contributed by atoms with van der Waals surface area (Å²) >= 11 is 0. The highest BCUT2D eigenvalue weighted by atomic mass is 16.6. The summed E-state index contributed by atoms with van der Waals surface area (Å²) in [7, 11) is 1.63. The predicted octanol–water partition coefficient (Wildman–Crippen LogP) is 1.07. The van der Waals surface area contributed by atoms with Gasteiger partial charge in [-0.05, 0) is 5.56 Å². The van der Waals surface area contributed by atoms with Crippen LogP contribution in [-0.2, 0) is 6.54 Å². The average Bonchev–Trinajstić information content (AvgIpc) is 2.25. The average molecular weight is 207 g/mol. The van der Waals surface area contributed by atoms with Gasteiger partial charge in [0.05, 0.1) is 4.92 Å². The Balaban J connectivity index is 2.52. The van der Waals surface area contributed by atoms with Crippen molar-refractivity contribution in [3.8, 4) is 0 Å². The van der Waals surface area contributed by atoms with Gasteiger partial charge in [0, 0.05) is 13.6 Å². The van der Waals surface area contributed by atoms with Gasteiger partial charge in [0.15, 0.2) is 5.82 Å². The van der Waals surface area contributed by atoms with Crippen molar-refractivity contribution in [2.75, 3.05) is 7.05 Å². The van der Waals surface area contributed by atoms with Crippen molar-refractivity contribution in [3.05, 3.63) is 58.0 Å². The largest absolute Gasteiger partial charge is 0.370 e. The molecule has 0 aliphatic heterocycles. The Bertz CT molecular complexity index is 349. The van der Waals surface area contributed by atoms with Crippen molar-refractivity contribution in [1.82, 2.24) is 10.6 Å². The van der Waals surface area contributed by atoms with E-state index >= 15 is 0 Å². The van der Waals surface area contributed by atoms with Crippen LogP contribution in [0, 0.1) is 10.1 Å². The maximum absolute atomic E-state index is 10.2. The molecule has 0 radical (unpaired) electrons. The number of hydrogen-bond donors (Lipinski definition) is 2. The molecule has 1 aromatic carbocycles. The van der Waals surface area contributed by atoms with Gasteiger partial charge in [0.2, 0.25) is 0 Å². The van der Waals surface area contributed by atoms with Crippen LogP contribution in [0.1, 0.15) is 5.56 Å². The summed E-state index contributed by atoms with van der Waals surface area (Å²) in [6, 6.07) is 9.68. The lowest BCUT2D eigenvalue weighted by Gasteiger charge is -2.07. The maximum Gasteiger partial charge on any atom is 0.274 e. The molecule has 0 heterocycles. The molecule has 0 saturated carbocycles. The highest BCUT2D eigenvalue weighted by Gasteiger charge is 1.99. The lowest BCUT2D eigenvalue weighted by molar-refractivity contribution is -0.404. The molecule has 0 bridgehead atoms. The Morgan fingerprint density at radius 2 is 2.13 bits per heavy atom. The third-order valence-electron chi connectivity index (χ3n) is 1.83. The van der Waals surface area contributed by atoms with Gasteiger partial charge in [-0.15, -0.1) is 0 Å². The molecule has 80 valence electrons. The molecular formula is C10H13N3O2. The maximum atomic E-state index is 10.2. The summed E-state index contributed by atoms with van der Waals surface area (Å²) in [6.45, 7) is 0.557. The van der Waals surface area contributed by atoms with Crippen molar-refractivity contribution >= 4 is 0 Å². The first-order chi connectivity index (χ1) is 7.22. The van der Waals surface area contributed by atoms with Gasteiger partial charge in [0.1, 0.15) is 0 Å². The Morgan fingerprint density at radius 1 is 1.47 bits per heavy atom. The second-order valence-electron chi connectivity index (χ2n) is 2.92. The first-order valence-electron chi connectivity index (χ1n) is 4.53. The Morgan fingerprint density at radius 3 is 2.67 bits per heavy atom. The van der Waals surface area contributed by atoms with Crippen molar-refractivity contribution in [3.63, 3.8) is 0 Å². The van der Waals surface area contributed by atoms with Crippen molar-refractivity contribution in [2.24, 2.45) is 0 Å². The number of benzene rings is 1. The molecule has 1 rings (SSSR count). The number of nitrogens with one attached hydrogen (secondary N) is 2. The van der Waals surface area contributed by atoms with Crippen molar-refractivity contribution in [1.29, 1.82) is 0 Å². The van der Waals surface area contributed by atoms with Gasteiger partial charge in [-0.25, -0.2) is 0 Å². The van der Waals surface area contributed by atoms with Crippen LogP contribution in [0.15, 0.2) is 42.4 Å². The Kier molecular flexibility index (Phi) is 4.15. The zero-order chi connectivity index (χ0) is 11.1. The van der Waals surface area contributed by atoms with E-state index in [0.29, 0.717) is 12.4 Å². The summed E-state index contributed by atoms with van der Waals surface area (Å²) in [4.78, 5) is 9.73. The molecule has 0 aromatic heterocycles. The van der Waals surface area contributed by atoms with Gasteiger partial charge in [-0.1, -0.05) is 30.3 Å². The Hall–Kier alpha value is -2.04. The van der Waals surface area contributed by atoms with Crippen LogP contribution in [0.25, 0.3) is 0 Å². The van der Waals surface area contributed by atoms with Gasteiger partial charge < -0.3 is 10.6 Å². The molecule has 0 spiro atoms. The highest BCUT2D eigenvalue weighted by Crippen LogP contribution is 1.98.